The molecule has 0 unspecified atom stereocenters. The van der Waals surface area contributed by atoms with Crippen molar-refractivity contribution in [3.05, 3.63) is 65.5 Å². The van der Waals surface area contributed by atoms with E-state index in [9.17, 15) is 4.39 Å². The lowest BCUT2D eigenvalue weighted by Crippen LogP contribution is -1.95. The average Bonchev–Trinajstić information content (AvgIpc) is 2.38. The minimum Gasteiger partial charge on any atom is -0.489 e. The van der Waals surface area contributed by atoms with E-state index in [0.29, 0.717) is 12.4 Å². The predicted molar refractivity (Wildman–Crippen MR) is 65.1 cm³/mol. The van der Waals surface area contributed by atoms with Crippen LogP contribution in [0.15, 0.2) is 48.5 Å². The summed E-state index contributed by atoms with van der Waals surface area (Å²) < 4.78 is 18.2. The Morgan fingerprint density at radius 3 is 2.59 bits per heavy atom. The van der Waals surface area contributed by atoms with Gasteiger partial charge in [0.15, 0.2) is 0 Å². The van der Waals surface area contributed by atoms with Crippen molar-refractivity contribution in [3.63, 3.8) is 0 Å². The molecule has 0 spiro atoms. The Bertz CT molecular complexity index is 538. The standard InChI is InChI=1S/C15H11FO/c1-2-12-4-3-5-15(10-12)17-11-13-6-8-14(16)9-7-13/h1,3-10H,11H2. The monoisotopic (exact) mass is 226 g/mol. The van der Waals surface area contributed by atoms with E-state index in [1.54, 1.807) is 18.2 Å². The Morgan fingerprint density at radius 1 is 1.12 bits per heavy atom. The van der Waals surface area contributed by atoms with Gasteiger partial charge in [0, 0.05) is 5.56 Å². The smallest absolute Gasteiger partial charge is 0.123 e. The van der Waals surface area contributed by atoms with Crippen molar-refractivity contribution in [2.75, 3.05) is 0 Å². The van der Waals surface area contributed by atoms with E-state index in [1.807, 2.05) is 18.2 Å². The average molecular weight is 226 g/mol. The molecular formula is C15H11FO. The van der Waals surface area contributed by atoms with Crippen LogP contribution in [0.5, 0.6) is 5.75 Å². The van der Waals surface area contributed by atoms with E-state index in [0.717, 1.165) is 11.1 Å². The number of benzene rings is 2. The molecule has 2 rings (SSSR count). The highest BCUT2D eigenvalue weighted by Crippen LogP contribution is 2.14. The number of hydrogen-bond donors (Lipinski definition) is 0. The van der Waals surface area contributed by atoms with E-state index in [1.165, 1.54) is 12.1 Å². The molecule has 2 aromatic rings. The molecule has 0 radical (unpaired) electrons. The van der Waals surface area contributed by atoms with Crippen LogP contribution >= 0.6 is 0 Å². The number of hydrogen-bond acceptors (Lipinski definition) is 1. The lowest BCUT2D eigenvalue weighted by atomic mass is 10.2. The van der Waals surface area contributed by atoms with Gasteiger partial charge in [-0.2, -0.15) is 0 Å². The van der Waals surface area contributed by atoms with Gasteiger partial charge in [-0.3, -0.25) is 0 Å². The maximum absolute atomic E-state index is 12.7. The summed E-state index contributed by atoms with van der Waals surface area (Å²) in [6, 6.07) is 13.5. The molecular weight excluding hydrogens is 215 g/mol. The lowest BCUT2D eigenvalue weighted by molar-refractivity contribution is 0.306. The van der Waals surface area contributed by atoms with Crippen molar-refractivity contribution in [1.29, 1.82) is 0 Å². The quantitative estimate of drug-likeness (QED) is 0.729. The Morgan fingerprint density at radius 2 is 1.88 bits per heavy atom. The Hall–Kier alpha value is -2.27. The van der Waals surface area contributed by atoms with E-state index < -0.39 is 0 Å². The van der Waals surface area contributed by atoms with Crippen LogP contribution in [0, 0.1) is 18.2 Å². The third-order valence-electron chi connectivity index (χ3n) is 2.32. The van der Waals surface area contributed by atoms with E-state index >= 15 is 0 Å². The van der Waals surface area contributed by atoms with E-state index in [2.05, 4.69) is 5.92 Å². The van der Waals surface area contributed by atoms with Gasteiger partial charge in [-0.25, -0.2) is 4.39 Å². The van der Waals surface area contributed by atoms with Gasteiger partial charge in [0.1, 0.15) is 18.2 Å². The maximum Gasteiger partial charge on any atom is 0.123 e. The number of rotatable bonds is 3. The molecule has 1 nitrogen and oxygen atoms in total. The third kappa shape index (κ3) is 3.09. The molecule has 0 N–H and O–H groups in total. The second-order valence-electron chi connectivity index (χ2n) is 3.59. The Balaban J connectivity index is 2.02. The molecule has 0 aliphatic rings. The normalized spacial score (nSPS) is 9.65. The van der Waals surface area contributed by atoms with Crippen LogP contribution in [0.1, 0.15) is 11.1 Å². The van der Waals surface area contributed by atoms with Crippen molar-refractivity contribution in [2.45, 2.75) is 6.61 Å². The molecule has 0 heterocycles. The van der Waals surface area contributed by atoms with Crippen LogP contribution in [0.2, 0.25) is 0 Å². The van der Waals surface area contributed by atoms with Crippen LogP contribution in [0.4, 0.5) is 4.39 Å². The molecule has 84 valence electrons. The fraction of sp³-hybridized carbons (Fsp3) is 0.0667. The molecule has 2 heteroatoms. The summed E-state index contributed by atoms with van der Waals surface area (Å²) in [6.07, 6.45) is 5.30. The SMILES string of the molecule is C#Cc1cccc(OCc2ccc(F)cc2)c1. The summed E-state index contributed by atoms with van der Waals surface area (Å²) in [4.78, 5) is 0. The van der Waals surface area contributed by atoms with Gasteiger partial charge < -0.3 is 4.74 Å². The van der Waals surface area contributed by atoms with Gasteiger partial charge in [-0.05, 0) is 35.9 Å². The fourth-order valence-electron chi connectivity index (χ4n) is 1.42. The highest BCUT2D eigenvalue weighted by molar-refractivity contribution is 5.38. The minimum atomic E-state index is -0.247. The first-order chi connectivity index (χ1) is 8.28. The summed E-state index contributed by atoms with van der Waals surface area (Å²) in [5, 5.41) is 0. The van der Waals surface area contributed by atoms with Crippen LogP contribution in [0.25, 0.3) is 0 Å². The van der Waals surface area contributed by atoms with Gasteiger partial charge in [0.2, 0.25) is 0 Å². The minimum absolute atomic E-state index is 0.247. The van der Waals surface area contributed by atoms with Gasteiger partial charge in [-0.1, -0.05) is 24.1 Å². The molecule has 0 aliphatic carbocycles. The number of ether oxygens (including phenoxy) is 1. The van der Waals surface area contributed by atoms with E-state index in [4.69, 9.17) is 11.2 Å². The second-order valence-corrected chi connectivity index (χ2v) is 3.59. The topological polar surface area (TPSA) is 9.23 Å². The van der Waals surface area contributed by atoms with Gasteiger partial charge >= 0.3 is 0 Å². The molecule has 0 aromatic heterocycles. The second kappa shape index (κ2) is 5.18. The summed E-state index contributed by atoms with van der Waals surface area (Å²) >= 11 is 0. The first kappa shape index (κ1) is 11.2. The maximum atomic E-state index is 12.7. The van der Waals surface area contributed by atoms with Crippen LogP contribution < -0.4 is 4.74 Å². The summed E-state index contributed by atoms with van der Waals surface area (Å²) in [5.74, 6) is 3.01. The van der Waals surface area contributed by atoms with E-state index in [-0.39, 0.29) is 5.82 Å². The van der Waals surface area contributed by atoms with Crippen LogP contribution in [-0.4, -0.2) is 0 Å². The largest absolute Gasteiger partial charge is 0.489 e. The summed E-state index contributed by atoms with van der Waals surface area (Å²) in [5.41, 5.74) is 1.69. The number of terminal acetylenes is 1. The van der Waals surface area contributed by atoms with Gasteiger partial charge in [0.25, 0.3) is 0 Å². The molecule has 0 amide bonds. The molecule has 0 atom stereocenters. The van der Waals surface area contributed by atoms with Crippen LogP contribution in [-0.2, 0) is 6.61 Å². The first-order valence-electron chi connectivity index (χ1n) is 5.22. The highest BCUT2D eigenvalue weighted by Gasteiger charge is 1.97. The summed E-state index contributed by atoms with van der Waals surface area (Å²) in [7, 11) is 0. The van der Waals surface area contributed by atoms with Crippen molar-refractivity contribution in [2.24, 2.45) is 0 Å². The molecule has 17 heavy (non-hydrogen) atoms. The summed E-state index contributed by atoms with van der Waals surface area (Å²) in [6.45, 7) is 0.397. The number of halogens is 1. The Kier molecular flexibility index (Phi) is 3.42. The lowest BCUT2D eigenvalue weighted by Gasteiger charge is -2.06. The highest BCUT2D eigenvalue weighted by atomic mass is 19.1. The zero-order valence-corrected chi connectivity index (χ0v) is 9.19. The fourth-order valence-corrected chi connectivity index (χ4v) is 1.42. The molecule has 0 saturated heterocycles. The Labute approximate surface area is 99.9 Å². The zero-order valence-electron chi connectivity index (χ0n) is 9.19. The van der Waals surface area contributed by atoms with Crippen molar-refractivity contribution in [3.8, 4) is 18.1 Å². The van der Waals surface area contributed by atoms with Crippen molar-refractivity contribution in [1.82, 2.24) is 0 Å². The molecule has 0 fully saturated rings. The van der Waals surface area contributed by atoms with Crippen LogP contribution in [0.3, 0.4) is 0 Å². The third-order valence-corrected chi connectivity index (χ3v) is 2.32. The van der Waals surface area contributed by atoms with Crippen molar-refractivity contribution < 1.29 is 9.13 Å². The van der Waals surface area contributed by atoms with Crippen molar-refractivity contribution >= 4 is 0 Å². The molecule has 0 aliphatic heterocycles. The first-order valence-corrected chi connectivity index (χ1v) is 5.22. The van der Waals surface area contributed by atoms with Gasteiger partial charge in [-0.15, -0.1) is 6.42 Å². The zero-order chi connectivity index (χ0) is 12.1. The molecule has 2 aromatic carbocycles. The van der Waals surface area contributed by atoms with Gasteiger partial charge in [0.05, 0.1) is 0 Å². The predicted octanol–water partition coefficient (Wildman–Crippen LogP) is 3.39. The molecule has 0 saturated carbocycles. The molecule has 0 bridgehead atoms.